The lowest BCUT2D eigenvalue weighted by Crippen LogP contribution is -2.54. The summed E-state index contributed by atoms with van der Waals surface area (Å²) in [5.74, 6) is -0.308. The molecule has 34 heavy (non-hydrogen) atoms. The molecule has 0 unspecified atom stereocenters. The summed E-state index contributed by atoms with van der Waals surface area (Å²) in [7, 11) is 0. The highest BCUT2D eigenvalue weighted by Gasteiger charge is 2.65. The fourth-order valence-corrected chi connectivity index (χ4v) is 5.58. The van der Waals surface area contributed by atoms with Crippen molar-refractivity contribution >= 4 is 12.1 Å². The molecule has 180 valence electrons. The van der Waals surface area contributed by atoms with E-state index in [1.165, 1.54) is 22.3 Å². The van der Waals surface area contributed by atoms with Gasteiger partial charge in [0.1, 0.15) is 12.2 Å². The second-order valence-corrected chi connectivity index (χ2v) is 10.9. The van der Waals surface area contributed by atoms with Crippen LogP contribution in [0.3, 0.4) is 0 Å². The fourth-order valence-electron chi connectivity index (χ4n) is 5.58. The molecule has 2 aromatic carbocycles. The van der Waals surface area contributed by atoms with Crippen LogP contribution in [0.25, 0.3) is 11.1 Å². The van der Waals surface area contributed by atoms with Gasteiger partial charge in [-0.3, -0.25) is 4.79 Å². The number of hydrogen-bond donors (Lipinski definition) is 1. The van der Waals surface area contributed by atoms with E-state index in [4.69, 9.17) is 9.47 Å². The van der Waals surface area contributed by atoms with Gasteiger partial charge in [-0.2, -0.15) is 0 Å². The molecule has 0 radical (unpaired) electrons. The average molecular weight is 464 g/mol. The molecule has 6 nitrogen and oxygen atoms in total. The molecule has 1 saturated carbocycles. The number of piperidine rings is 1. The lowest BCUT2D eigenvalue weighted by Gasteiger charge is -2.42. The number of rotatable bonds is 4. The van der Waals surface area contributed by atoms with Crippen LogP contribution in [0.5, 0.6) is 0 Å². The van der Waals surface area contributed by atoms with E-state index in [2.05, 4.69) is 24.3 Å². The molecule has 0 aromatic heterocycles. The number of carbonyl (C=O) groups is 2. The Balaban J connectivity index is 1.21. The van der Waals surface area contributed by atoms with Crippen molar-refractivity contribution in [2.75, 3.05) is 19.7 Å². The van der Waals surface area contributed by atoms with Crippen molar-refractivity contribution in [3.8, 4) is 11.1 Å². The molecule has 1 heterocycles. The Morgan fingerprint density at radius 1 is 0.941 bits per heavy atom. The summed E-state index contributed by atoms with van der Waals surface area (Å²) in [5.41, 5.74) is 2.17. The maximum Gasteiger partial charge on any atom is 0.409 e. The monoisotopic (exact) mass is 463 g/mol. The van der Waals surface area contributed by atoms with Crippen LogP contribution in [0.1, 0.15) is 63.5 Å². The molecule has 1 N–H and O–H groups in total. The van der Waals surface area contributed by atoms with Crippen molar-refractivity contribution in [2.24, 2.45) is 5.41 Å². The van der Waals surface area contributed by atoms with Crippen molar-refractivity contribution < 1.29 is 24.2 Å². The van der Waals surface area contributed by atoms with Crippen molar-refractivity contribution in [1.29, 1.82) is 0 Å². The van der Waals surface area contributed by atoms with Gasteiger partial charge in [0.05, 0.1) is 11.0 Å². The number of nitrogens with zero attached hydrogens (tertiary/aromatic N) is 1. The maximum atomic E-state index is 12.9. The molecule has 2 aromatic rings. The van der Waals surface area contributed by atoms with Crippen LogP contribution < -0.4 is 0 Å². The number of esters is 1. The van der Waals surface area contributed by atoms with E-state index in [1.54, 1.807) is 4.90 Å². The van der Waals surface area contributed by atoms with E-state index in [0.717, 1.165) is 0 Å². The van der Waals surface area contributed by atoms with Crippen LogP contribution in [0.2, 0.25) is 0 Å². The third-order valence-corrected chi connectivity index (χ3v) is 7.62. The molecule has 2 aliphatic carbocycles. The summed E-state index contributed by atoms with van der Waals surface area (Å²) < 4.78 is 11.4. The summed E-state index contributed by atoms with van der Waals surface area (Å²) in [4.78, 5) is 27.4. The number of aliphatic hydroxyl groups is 1. The van der Waals surface area contributed by atoms with Crippen molar-refractivity contribution in [3.63, 3.8) is 0 Å². The molecule has 1 amide bonds. The number of hydrogen-bond acceptors (Lipinski definition) is 5. The topological polar surface area (TPSA) is 76.1 Å². The Morgan fingerprint density at radius 2 is 1.47 bits per heavy atom. The van der Waals surface area contributed by atoms with E-state index in [0.29, 0.717) is 38.8 Å². The molecule has 1 saturated heterocycles. The quantitative estimate of drug-likeness (QED) is 0.654. The normalized spacial score (nSPS) is 20.3. The summed E-state index contributed by atoms with van der Waals surface area (Å²) in [6, 6.07) is 16.5. The minimum atomic E-state index is -1.14. The van der Waals surface area contributed by atoms with Gasteiger partial charge in [0.15, 0.2) is 0 Å². The summed E-state index contributed by atoms with van der Waals surface area (Å²) in [6.45, 7) is 6.51. The summed E-state index contributed by atoms with van der Waals surface area (Å²) in [5, 5.41) is 11.4. The molecule has 0 bridgehead atoms. The minimum Gasteiger partial charge on any atom is -0.459 e. The second kappa shape index (κ2) is 8.12. The van der Waals surface area contributed by atoms with Crippen LogP contribution in [0.4, 0.5) is 4.79 Å². The first-order chi connectivity index (χ1) is 16.1. The maximum absolute atomic E-state index is 12.9. The zero-order valence-electron chi connectivity index (χ0n) is 20.2. The van der Waals surface area contributed by atoms with Gasteiger partial charge in [-0.05, 0) is 68.7 Å². The lowest BCUT2D eigenvalue weighted by atomic mass is 9.76. The Kier molecular flexibility index (Phi) is 5.47. The molecule has 1 aliphatic heterocycles. The number of likely N-dealkylation sites (tertiary alicyclic amines) is 1. The smallest absolute Gasteiger partial charge is 0.409 e. The summed E-state index contributed by atoms with van der Waals surface area (Å²) in [6.07, 6.45) is 1.57. The van der Waals surface area contributed by atoms with Gasteiger partial charge in [0.25, 0.3) is 0 Å². The van der Waals surface area contributed by atoms with E-state index >= 15 is 0 Å². The number of carbonyl (C=O) groups excluding carboxylic acids is 2. The average Bonchev–Trinajstić information content (AvgIpc) is 3.57. The van der Waals surface area contributed by atoms with Gasteiger partial charge < -0.3 is 19.5 Å². The van der Waals surface area contributed by atoms with E-state index in [1.807, 2.05) is 45.0 Å². The number of ether oxygens (including phenoxy) is 2. The third-order valence-electron chi connectivity index (χ3n) is 7.62. The first kappa shape index (κ1) is 22.9. The lowest BCUT2D eigenvalue weighted by molar-refractivity contribution is -0.177. The molecule has 0 spiro atoms. The van der Waals surface area contributed by atoms with E-state index in [-0.39, 0.29) is 24.6 Å². The number of fused-ring (bicyclic) bond motifs is 3. The first-order valence-electron chi connectivity index (χ1n) is 12.2. The van der Waals surface area contributed by atoms with Gasteiger partial charge in [-0.1, -0.05) is 48.5 Å². The van der Waals surface area contributed by atoms with Gasteiger partial charge >= 0.3 is 12.1 Å². The van der Waals surface area contributed by atoms with Gasteiger partial charge in [-0.15, -0.1) is 0 Å². The summed E-state index contributed by atoms with van der Waals surface area (Å²) >= 11 is 0. The molecule has 2 fully saturated rings. The Hall–Kier alpha value is -2.86. The van der Waals surface area contributed by atoms with E-state index < -0.39 is 16.6 Å². The molecule has 3 aliphatic rings. The van der Waals surface area contributed by atoms with Crippen LogP contribution in [0, 0.1) is 5.41 Å². The fraction of sp³-hybridized carbons (Fsp3) is 0.500. The first-order valence-corrected chi connectivity index (χ1v) is 12.2. The standard InChI is InChI=1S/C28H33NO5/c1-26(2,3)34-24(30)27(12-13-27)28(32)14-16-29(17-15-28)25(31)33-18-23-21-10-6-4-8-19(21)20-9-5-7-11-22(20)23/h4-11,23,32H,12-18H2,1-3H3. The predicted octanol–water partition coefficient (Wildman–Crippen LogP) is 4.88. The zero-order valence-corrected chi connectivity index (χ0v) is 20.2. The number of amides is 1. The van der Waals surface area contributed by atoms with Crippen molar-refractivity contribution in [1.82, 2.24) is 4.90 Å². The highest BCUT2D eigenvalue weighted by Crippen LogP contribution is 2.58. The van der Waals surface area contributed by atoms with E-state index in [9.17, 15) is 14.7 Å². The highest BCUT2D eigenvalue weighted by atomic mass is 16.6. The predicted molar refractivity (Wildman–Crippen MR) is 128 cm³/mol. The van der Waals surface area contributed by atoms with Gasteiger partial charge in [0.2, 0.25) is 0 Å². The highest BCUT2D eigenvalue weighted by molar-refractivity contribution is 5.82. The largest absolute Gasteiger partial charge is 0.459 e. The Bertz CT molecular complexity index is 1060. The molecule has 0 atom stereocenters. The molecule has 6 heteroatoms. The van der Waals surface area contributed by atoms with Crippen LogP contribution in [0.15, 0.2) is 48.5 Å². The van der Waals surface area contributed by atoms with Gasteiger partial charge in [0, 0.05) is 19.0 Å². The van der Waals surface area contributed by atoms with Crippen LogP contribution in [-0.4, -0.2) is 53.0 Å². The van der Waals surface area contributed by atoms with Crippen molar-refractivity contribution in [2.45, 2.75) is 63.6 Å². The van der Waals surface area contributed by atoms with Crippen molar-refractivity contribution in [3.05, 3.63) is 59.7 Å². The SMILES string of the molecule is CC(C)(C)OC(=O)C1(C2(O)CCN(C(=O)OCC3c4ccccc4-c4ccccc43)CC2)CC1. The third kappa shape index (κ3) is 3.88. The second-order valence-electron chi connectivity index (χ2n) is 10.9. The van der Waals surface area contributed by atoms with Crippen LogP contribution in [-0.2, 0) is 14.3 Å². The Labute approximate surface area is 200 Å². The van der Waals surface area contributed by atoms with Crippen LogP contribution >= 0.6 is 0 Å². The Morgan fingerprint density at radius 3 is 1.97 bits per heavy atom. The minimum absolute atomic E-state index is 0.0139. The molecule has 5 rings (SSSR count). The zero-order chi connectivity index (χ0) is 24.1. The number of benzene rings is 2. The molecular formula is C28H33NO5. The molecular weight excluding hydrogens is 430 g/mol. The van der Waals surface area contributed by atoms with Gasteiger partial charge in [-0.25, -0.2) is 4.79 Å².